The number of H-pyrrole nitrogens is 1. The lowest BCUT2D eigenvalue weighted by Gasteiger charge is -1.96. The van der Waals surface area contributed by atoms with Crippen molar-refractivity contribution in [2.75, 3.05) is 0 Å². The number of nitrogens with one attached hydrogen (secondary N) is 1. The standard InChI is InChI=1S/C8H5ClN2S/c9-6-2-1-5-4-10-11-8(12)7(5)3-6/h1-4H,(H,11,12). The Balaban J connectivity index is 2.98. The summed E-state index contributed by atoms with van der Waals surface area (Å²) in [6, 6.07) is 5.55. The molecule has 1 N–H and O–H groups in total. The number of fused-ring (bicyclic) bond motifs is 1. The van der Waals surface area contributed by atoms with Crippen molar-refractivity contribution < 1.29 is 0 Å². The van der Waals surface area contributed by atoms with Gasteiger partial charge in [0.1, 0.15) is 4.64 Å². The molecular weight excluding hydrogens is 192 g/mol. The zero-order chi connectivity index (χ0) is 8.55. The van der Waals surface area contributed by atoms with Gasteiger partial charge in [-0.2, -0.15) is 5.10 Å². The molecular formula is C8H5ClN2S. The van der Waals surface area contributed by atoms with Crippen molar-refractivity contribution >= 4 is 34.6 Å². The van der Waals surface area contributed by atoms with Crippen LogP contribution < -0.4 is 0 Å². The summed E-state index contributed by atoms with van der Waals surface area (Å²) >= 11 is 10.8. The van der Waals surface area contributed by atoms with Crippen LogP contribution in [0.4, 0.5) is 0 Å². The van der Waals surface area contributed by atoms with Gasteiger partial charge in [0.15, 0.2) is 0 Å². The van der Waals surface area contributed by atoms with Crippen LogP contribution in [0.3, 0.4) is 0 Å². The fourth-order valence-electron chi connectivity index (χ4n) is 1.06. The number of benzene rings is 1. The largest absolute Gasteiger partial charge is 0.267 e. The van der Waals surface area contributed by atoms with Gasteiger partial charge in [-0.3, -0.25) is 5.10 Å². The fraction of sp³-hybridized carbons (Fsp3) is 0. The number of aromatic amines is 1. The predicted octanol–water partition coefficient (Wildman–Crippen LogP) is 2.95. The molecule has 2 rings (SSSR count). The van der Waals surface area contributed by atoms with E-state index in [2.05, 4.69) is 10.2 Å². The highest BCUT2D eigenvalue weighted by molar-refractivity contribution is 7.71. The van der Waals surface area contributed by atoms with Crippen LogP contribution in [0.1, 0.15) is 0 Å². The third-order valence-corrected chi connectivity index (χ3v) is 2.18. The Morgan fingerprint density at radius 3 is 3.08 bits per heavy atom. The molecule has 0 spiro atoms. The van der Waals surface area contributed by atoms with E-state index in [4.69, 9.17) is 23.8 Å². The van der Waals surface area contributed by atoms with E-state index in [1.165, 1.54) is 0 Å². The molecule has 0 aliphatic carbocycles. The lowest BCUT2D eigenvalue weighted by Crippen LogP contribution is -1.82. The first-order valence-electron chi connectivity index (χ1n) is 3.40. The zero-order valence-corrected chi connectivity index (χ0v) is 7.62. The Kier molecular flexibility index (Phi) is 1.83. The quantitative estimate of drug-likeness (QED) is 0.657. The van der Waals surface area contributed by atoms with Crippen LogP contribution in [0.5, 0.6) is 0 Å². The summed E-state index contributed by atoms with van der Waals surface area (Å²) < 4.78 is 0.620. The van der Waals surface area contributed by atoms with Gasteiger partial charge in [-0.25, -0.2) is 0 Å². The summed E-state index contributed by atoms with van der Waals surface area (Å²) in [6.07, 6.45) is 1.72. The summed E-state index contributed by atoms with van der Waals surface area (Å²) in [5, 5.41) is 9.21. The molecule has 0 aliphatic heterocycles. The van der Waals surface area contributed by atoms with Crippen LogP contribution in [-0.2, 0) is 0 Å². The summed E-state index contributed by atoms with van der Waals surface area (Å²) in [5.74, 6) is 0. The van der Waals surface area contributed by atoms with Gasteiger partial charge in [0.2, 0.25) is 0 Å². The van der Waals surface area contributed by atoms with E-state index in [0.717, 1.165) is 10.8 Å². The molecule has 0 saturated carbocycles. The highest BCUT2D eigenvalue weighted by Crippen LogP contribution is 2.17. The van der Waals surface area contributed by atoms with Gasteiger partial charge in [0.25, 0.3) is 0 Å². The minimum absolute atomic E-state index is 0.620. The van der Waals surface area contributed by atoms with Crippen molar-refractivity contribution in [2.45, 2.75) is 0 Å². The van der Waals surface area contributed by atoms with Crippen molar-refractivity contribution in [3.8, 4) is 0 Å². The molecule has 0 fully saturated rings. The van der Waals surface area contributed by atoms with Crippen molar-refractivity contribution in [1.82, 2.24) is 10.2 Å². The van der Waals surface area contributed by atoms with Gasteiger partial charge in [-0.1, -0.05) is 29.9 Å². The van der Waals surface area contributed by atoms with Gasteiger partial charge >= 0.3 is 0 Å². The number of rotatable bonds is 0. The summed E-state index contributed by atoms with van der Waals surface area (Å²) in [5.41, 5.74) is 0. The first kappa shape index (κ1) is 7.71. The first-order valence-corrected chi connectivity index (χ1v) is 4.19. The second kappa shape index (κ2) is 2.84. The molecule has 0 aliphatic rings. The Morgan fingerprint density at radius 1 is 1.42 bits per heavy atom. The summed E-state index contributed by atoms with van der Waals surface area (Å²) in [7, 11) is 0. The van der Waals surface area contributed by atoms with Crippen LogP contribution in [0, 0.1) is 4.64 Å². The average molecular weight is 197 g/mol. The Labute approximate surface area is 79.2 Å². The van der Waals surface area contributed by atoms with Crippen LogP contribution in [-0.4, -0.2) is 10.2 Å². The normalized spacial score (nSPS) is 10.4. The predicted molar refractivity (Wildman–Crippen MR) is 51.9 cm³/mol. The van der Waals surface area contributed by atoms with Crippen molar-refractivity contribution in [3.05, 3.63) is 34.1 Å². The molecule has 2 nitrogen and oxygen atoms in total. The maximum Gasteiger partial charge on any atom is 0.127 e. The molecule has 0 saturated heterocycles. The van der Waals surface area contributed by atoms with E-state index in [1.807, 2.05) is 18.2 Å². The van der Waals surface area contributed by atoms with Crippen molar-refractivity contribution in [1.29, 1.82) is 0 Å². The van der Waals surface area contributed by atoms with Gasteiger partial charge in [-0.05, 0) is 12.1 Å². The smallest absolute Gasteiger partial charge is 0.127 e. The molecule has 0 atom stereocenters. The topological polar surface area (TPSA) is 28.7 Å². The average Bonchev–Trinajstić information content (AvgIpc) is 2.07. The van der Waals surface area contributed by atoms with E-state index in [-0.39, 0.29) is 0 Å². The van der Waals surface area contributed by atoms with Gasteiger partial charge in [-0.15, -0.1) is 0 Å². The van der Waals surface area contributed by atoms with E-state index >= 15 is 0 Å². The van der Waals surface area contributed by atoms with Crippen LogP contribution in [0.15, 0.2) is 24.4 Å². The number of hydrogen-bond donors (Lipinski definition) is 1. The van der Waals surface area contributed by atoms with Crippen molar-refractivity contribution in [2.24, 2.45) is 0 Å². The Bertz CT molecular complexity index is 478. The fourth-order valence-corrected chi connectivity index (χ4v) is 1.46. The molecule has 4 heteroatoms. The third-order valence-electron chi connectivity index (χ3n) is 1.63. The maximum atomic E-state index is 5.81. The van der Waals surface area contributed by atoms with E-state index < -0.39 is 0 Å². The first-order chi connectivity index (χ1) is 5.77. The second-order valence-corrected chi connectivity index (χ2v) is 3.28. The Hall–Kier alpha value is -0.930. The molecule has 12 heavy (non-hydrogen) atoms. The van der Waals surface area contributed by atoms with Crippen LogP contribution in [0.25, 0.3) is 10.8 Å². The highest BCUT2D eigenvalue weighted by atomic mass is 35.5. The molecule has 1 aromatic heterocycles. The van der Waals surface area contributed by atoms with E-state index in [0.29, 0.717) is 9.66 Å². The maximum absolute atomic E-state index is 5.81. The minimum atomic E-state index is 0.620. The molecule has 0 radical (unpaired) electrons. The molecule has 0 amide bonds. The van der Waals surface area contributed by atoms with Crippen LogP contribution >= 0.6 is 23.8 Å². The number of nitrogens with zero attached hydrogens (tertiary/aromatic N) is 1. The summed E-state index contributed by atoms with van der Waals surface area (Å²) in [6.45, 7) is 0. The molecule has 1 aromatic carbocycles. The lowest BCUT2D eigenvalue weighted by molar-refractivity contribution is 1.04. The van der Waals surface area contributed by atoms with Gasteiger partial charge < -0.3 is 0 Å². The SMILES string of the molecule is S=c1[nH]ncc2ccc(Cl)cc12. The molecule has 0 bridgehead atoms. The monoisotopic (exact) mass is 196 g/mol. The number of halogens is 1. The Morgan fingerprint density at radius 2 is 2.25 bits per heavy atom. The van der Waals surface area contributed by atoms with Gasteiger partial charge in [0.05, 0.1) is 6.20 Å². The van der Waals surface area contributed by atoms with Gasteiger partial charge in [0, 0.05) is 15.8 Å². The molecule has 1 heterocycles. The highest BCUT2D eigenvalue weighted by Gasteiger charge is 1.95. The zero-order valence-electron chi connectivity index (χ0n) is 6.04. The number of hydrogen-bond acceptors (Lipinski definition) is 2. The summed E-state index contributed by atoms with van der Waals surface area (Å²) in [4.78, 5) is 0. The van der Waals surface area contributed by atoms with Crippen LogP contribution in [0.2, 0.25) is 5.02 Å². The number of aromatic nitrogens is 2. The van der Waals surface area contributed by atoms with E-state index in [9.17, 15) is 0 Å². The minimum Gasteiger partial charge on any atom is -0.267 e. The third kappa shape index (κ3) is 1.21. The second-order valence-electron chi connectivity index (χ2n) is 2.43. The molecule has 60 valence electrons. The molecule has 0 unspecified atom stereocenters. The molecule has 2 aromatic rings. The lowest BCUT2D eigenvalue weighted by atomic mass is 10.2. The van der Waals surface area contributed by atoms with E-state index in [1.54, 1.807) is 6.20 Å². The van der Waals surface area contributed by atoms with Crippen molar-refractivity contribution in [3.63, 3.8) is 0 Å².